The third-order valence-electron chi connectivity index (χ3n) is 3.00. The van der Waals surface area contributed by atoms with Crippen molar-refractivity contribution in [3.63, 3.8) is 0 Å². The van der Waals surface area contributed by atoms with Crippen molar-refractivity contribution in [1.82, 2.24) is 19.9 Å². The van der Waals surface area contributed by atoms with Crippen LogP contribution < -0.4 is 10.6 Å². The summed E-state index contributed by atoms with van der Waals surface area (Å²) in [5.74, 6) is 1.28. The summed E-state index contributed by atoms with van der Waals surface area (Å²) < 4.78 is 0. The molecule has 3 aromatic rings. The molecule has 6 heteroatoms. The van der Waals surface area contributed by atoms with Gasteiger partial charge < -0.3 is 10.6 Å². The number of hydrogen-bond acceptors (Lipinski definition) is 6. The Bertz CT molecular complexity index is 728. The number of rotatable bonds is 3. The first-order valence-corrected chi connectivity index (χ1v) is 6.21. The lowest BCUT2D eigenvalue weighted by molar-refractivity contribution is 0.893. The van der Waals surface area contributed by atoms with E-state index in [0.29, 0.717) is 18.0 Å². The maximum atomic E-state index is 5.68. The Morgan fingerprint density at radius 1 is 1.20 bits per heavy atom. The zero-order valence-electron chi connectivity index (χ0n) is 11.1. The molecule has 0 fully saturated rings. The third-order valence-corrected chi connectivity index (χ3v) is 3.00. The lowest BCUT2D eigenvalue weighted by Gasteiger charge is -2.19. The Hall–Kier alpha value is -2.76. The first-order valence-electron chi connectivity index (χ1n) is 6.21. The largest absolute Gasteiger partial charge is 0.384 e. The molecule has 0 radical (unpaired) electrons. The second-order valence-electron chi connectivity index (χ2n) is 4.52. The topological polar surface area (TPSA) is 80.8 Å². The van der Waals surface area contributed by atoms with Gasteiger partial charge >= 0.3 is 0 Å². The Morgan fingerprint density at radius 2 is 2.10 bits per heavy atom. The number of fused-ring (bicyclic) bond motifs is 1. The van der Waals surface area contributed by atoms with E-state index in [9.17, 15) is 0 Å². The van der Waals surface area contributed by atoms with E-state index in [0.717, 1.165) is 16.8 Å². The maximum Gasteiger partial charge on any atom is 0.166 e. The standard InChI is InChI=1S/C14H14N6/c1-20(8-10-3-2-6-16-7-10)14-11-4-5-12(15)19-13(11)17-9-18-14/h2-7,9H,8H2,1H3,(H2,15,17,18,19). The van der Waals surface area contributed by atoms with Gasteiger partial charge in [0.25, 0.3) is 0 Å². The fourth-order valence-electron chi connectivity index (χ4n) is 2.09. The molecule has 0 saturated heterocycles. The molecule has 0 aliphatic rings. The summed E-state index contributed by atoms with van der Waals surface area (Å²) >= 11 is 0. The molecular weight excluding hydrogens is 252 g/mol. The molecule has 0 spiro atoms. The third kappa shape index (κ3) is 2.35. The number of nitrogens with zero attached hydrogens (tertiary/aromatic N) is 5. The van der Waals surface area contributed by atoms with Gasteiger partial charge in [-0.3, -0.25) is 4.98 Å². The van der Waals surface area contributed by atoms with Gasteiger partial charge in [0.05, 0.1) is 5.39 Å². The zero-order valence-corrected chi connectivity index (χ0v) is 11.1. The second-order valence-corrected chi connectivity index (χ2v) is 4.52. The van der Waals surface area contributed by atoms with Crippen molar-refractivity contribution in [3.8, 4) is 0 Å². The predicted octanol–water partition coefficient (Wildman–Crippen LogP) is 1.64. The number of aromatic nitrogens is 4. The highest BCUT2D eigenvalue weighted by Crippen LogP contribution is 2.22. The summed E-state index contributed by atoms with van der Waals surface area (Å²) in [6.07, 6.45) is 5.11. The summed E-state index contributed by atoms with van der Waals surface area (Å²) in [5, 5.41) is 0.882. The van der Waals surface area contributed by atoms with E-state index < -0.39 is 0 Å². The van der Waals surface area contributed by atoms with Crippen LogP contribution in [-0.2, 0) is 6.54 Å². The van der Waals surface area contributed by atoms with Crippen molar-refractivity contribution >= 4 is 22.7 Å². The molecule has 0 bridgehead atoms. The van der Waals surface area contributed by atoms with E-state index in [4.69, 9.17) is 5.73 Å². The van der Waals surface area contributed by atoms with Crippen LogP contribution in [0.4, 0.5) is 11.6 Å². The predicted molar refractivity (Wildman–Crippen MR) is 78.1 cm³/mol. The molecule has 2 N–H and O–H groups in total. The zero-order chi connectivity index (χ0) is 13.9. The van der Waals surface area contributed by atoms with Crippen molar-refractivity contribution in [1.29, 1.82) is 0 Å². The van der Waals surface area contributed by atoms with Gasteiger partial charge in [0.15, 0.2) is 5.65 Å². The van der Waals surface area contributed by atoms with Gasteiger partial charge in [0.2, 0.25) is 0 Å². The van der Waals surface area contributed by atoms with Gasteiger partial charge in [-0.1, -0.05) is 6.07 Å². The Balaban J connectivity index is 1.97. The highest BCUT2D eigenvalue weighted by molar-refractivity contribution is 5.87. The minimum atomic E-state index is 0.456. The molecule has 0 saturated carbocycles. The lowest BCUT2D eigenvalue weighted by Crippen LogP contribution is -2.18. The van der Waals surface area contributed by atoms with Crippen LogP contribution in [0.25, 0.3) is 11.0 Å². The van der Waals surface area contributed by atoms with E-state index in [1.807, 2.05) is 36.3 Å². The molecular formula is C14H14N6. The normalized spacial score (nSPS) is 10.7. The SMILES string of the molecule is CN(Cc1cccnc1)c1ncnc2nc(N)ccc12. The van der Waals surface area contributed by atoms with Crippen molar-refractivity contribution in [2.75, 3.05) is 17.7 Å². The van der Waals surface area contributed by atoms with Gasteiger partial charge in [0.1, 0.15) is 18.0 Å². The summed E-state index contributed by atoms with van der Waals surface area (Å²) in [4.78, 5) is 18.9. The minimum absolute atomic E-state index is 0.456. The smallest absolute Gasteiger partial charge is 0.166 e. The van der Waals surface area contributed by atoms with E-state index >= 15 is 0 Å². The van der Waals surface area contributed by atoms with Crippen LogP contribution in [0.5, 0.6) is 0 Å². The van der Waals surface area contributed by atoms with Crippen molar-refractivity contribution < 1.29 is 0 Å². The highest BCUT2D eigenvalue weighted by atomic mass is 15.2. The molecule has 0 aromatic carbocycles. The molecule has 20 heavy (non-hydrogen) atoms. The summed E-state index contributed by atoms with van der Waals surface area (Å²) in [5.41, 5.74) is 7.40. The monoisotopic (exact) mass is 266 g/mol. The molecule has 0 amide bonds. The molecule has 0 aliphatic carbocycles. The average Bonchev–Trinajstić information content (AvgIpc) is 2.47. The molecule has 6 nitrogen and oxygen atoms in total. The van der Waals surface area contributed by atoms with Gasteiger partial charge in [-0.05, 0) is 23.8 Å². The van der Waals surface area contributed by atoms with Crippen LogP contribution in [0.3, 0.4) is 0 Å². The van der Waals surface area contributed by atoms with Crippen LogP contribution >= 0.6 is 0 Å². The average molecular weight is 266 g/mol. The van der Waals surface area contributed by atoms with Crippen LogP contribution in [0.2, 0.25) is 0 Å². The van der Waals surface area contributed by atoms with Crippen molar-refractivity contribution in [3.05, 3.63) is 48.5 Å². The van der Waals surface area contributed by atoms with Crippen LogP contribution in [0.1, 0.15) is 5.56 Å². The van der Waals surface area contributed by atoms with E-state index in [1.165, 1.54) is 6.33 Å². The second kappa shape index (κ2) is 5.08. The summed E-state index contributed by atoms with van der Waals surface area (Å²) in [6, 6.07) is 7.60. The van der Waals surface area contributed by atoms with E-state index in [1.54, 1.807) is 12.3 Å². The molecule has 3 heterocycles. The molecule has 0 unspecified atom stereocenters. The van der Waals surface area contributed by atoms with Crippen molar-refractivity contribution in [2.24, 2.45) is 0 Å². The van der Waals surface area contributed by atoms with Crippen LogP contribution in [0.15, 0.2) is 43.0 Å². The Kier molecular flexibility index (Phi) is 3.12. The molecule has 0 atom stereocenters. The summed E-state index contributed by atoms with van der Waals surface area (Å²) in [7, 11) is 1.98. The molecule has 100 valence electrons. The molecule has 3 aromatic heterocycles. The Labute approximate surface area is 116 Å². The van der Waals surface area contributed by atoms with Crippen LogP contribution in [0, 0.1) is 0 Å². The fraction of sp³-hybridized carbons (Fsp3) is 0.143. The number of anilines is 2. The van der Waals surface area contributed by atoms with E-state index in [-0.39, 0.29) is 0 Å². The van der Waals surface area contributed by atoms with Crippen LogP contribution in [-0.4, -0.2) is 27.0 Å². The molecule has 0 aliphatic heterocycles. The minimum Gasteiger partial charge on any atom is -0.384 e. The lowest BCUT2D eigenvalue weighted by atomic mass is 10.2. The number of nitrogens with two attached hydrogens (primary N) is 1. The number of pyridine rings is 2. The van der Waals surface area contributed by atoms with E-state index in [2.05, 4.69) is 19.9 Å². The fourth-order valence-corrected chi connectivity index (χ4v) is 2.09. The number of nitrogen functional groups attached to an aromatic ring is 1. The van der Waals surface area contributed by atoms with Gasteiger partial charge in [0, 0.05) is 26.0 Å². The van der Waals surface area contributed by atoms with Gasteiger partial charge in [-0.15, -0.1) is 0 Å². The first kappa shape index (κ1) is 12.3. The summed E-state index contributed by atoms with van der Waals surface area (Å²) in [6.45, 7) is 0.713. The van der Waals surface area contributed by atoms with Crippen molar-refractivity contribution in [2.45, 2.75) is 6.54 Å². The number of hydrogen-bond donors (Lipinski definition) is 1. The van der Waals surface area contributed by atoms with Gasteiger partial charge in [-0.25, -0.2) is 15.0 Å². The maximum absolute atomic E-state index is 5.68. The van der Waals surface area contributed by atoms with Gasteiger partial charge in [-0.2, -0.15) is 0 Å². The first-order chi connectivity index (χ1) is 9.74. The quantitative estimate of drug-likeness (QED) is 0.776. The highest BCUT2D eigenvalue weighted by Gasteiger charge is 2.10. The molecule has 3 rings (SSSR count). The Morgan fingerprint density at radius 3 is 2.90 bits per heavy atom.